The number of carbonyl (C=O) groups is 1. The number of nitrogens with one attached hydrogen (secondary N) is 1. The molecule has 24 heavy (non-hydrogen) atoms. The predicted octanol–water partition coefficient (Wildman–Crippen LogP) is 2.51. The van der Waals surface area contributed by atoms with Gasteiger partial charge in [-0.1, -0.05) is 0 Å². The van der Waals surface area contributed by atoms with Crippen LogP contribution in [0.3, 0.4) is 0 Å². The van der Waals surface area contributed by atoms with Gasteiger partial charge in [0.05, 0.1) is 13.2 Å². The molecule has 0 aliphatic carbocycles. The van der Waals surface area contributed by atoms with E-state index in [1.165, 1.54) is 19.2 Å². The van der Waals surface area contributed by atoms with E-state index in [1.54, 1.807) is 37.4 Å². The van der Waals surface area contributed by atoms with Crippen molar-refractivity contribution in [3.05, 3.63) is 42.2 Å². The quantitative estimate of drug-likeness (QED) is 0.914. The molecule has 2 aliphatic heterocycles. The van der Waals surface area contributed by atoms with E-state index < -0.39 is 0 Å². The summed E-state index contributed by atoms with van der Waals surface area (Å²) in [4.78, 5) is 14.8. The number of carbonyl (C=O) groups excluding carboxylic acids is 1. The van der Waals surface area contributed by atoms with Crippen LogP contribution in [0.15, 0.2) is 41.0 Å². The molecule has 1 amide bonds. The van der Waals surface area contributed by atoms with Crippen LogP contribution < -0.4 is 14.8 Å². The monoisotopic (exact) mass is 328 g/mol. The minimum Gasteiger partial charge on any atom is -0.493 e. The molecule has 4 rings (SSSR count). The van der Waals surface area contributed by atoms with Gasteiger partial charge in [0.25, 0.3) is 11.9 Å². The van der Waals surface area contributed by atoms with Crippen LogP contribution in [0, 0.1) is 5.92 Å². The van der Waals surface area contributed by atoms with Gasteiger partial charge in [0.2, 0.25) is 0 Å². The Bertz CT molecular complexity index is 725. The zero-order valence-electron chi connectivity index (χ0n) is 13.5. The van der Waals surface area contributed by atoms with Crippen molar-refractivity contribution in [3.63, 3.8) is 0 Å². The van der Waals surface area contributed by atoms with Gasteiger partial charge in [-0.3, -0.25) is 4.79 Å². The molecule has 1 aromatic heterocycles. The molecule has 2 fully saturated rings. The summed E-state index contributed by atoms with van der Waals surface area (Å²) in [6.07, 6.45) is 2.66. The van der Waals surface area contributed by atoms with Gasteiger partial charge >= 0.3 is 0 Å². The first kappa shape index (κ1) is 15.1. The molecule has 2 aromatic rings. The lowest BCUT2D eigenvalue weighted by molar-refractivity contribution is 0.0924. The summed E-state index contributed by atoms with van der Waals surface area (Å²) in [6, 6.07) is 8.97. The van der Waals surface area contributed by atoms with Crippen LogP contribution in [0.1, 0.15) is 16.8 Å². The Morgan fingerprint density at radius 1 is 1.25 bits per heavy atom. The second-order valence-electron chi connectivity index (χ2n) is 6.32. The van der Waals surface area contributed by atoms with Gasteiger partial charge in [0, 0.05) is 24.7 Å². The number of furan rings is 1. The van der Waals surface area contributed by atoms with Crippen LogP contribution in [0.2, 0.25) is 0 Å². The van der Waals surface area contributed by atoms with E-state index in [1.807, 2.05) is 0 Å². The highest BCUT2D eigenvalue weighted by Crippen LogP contribution is 2.29. The lowest BCUT2D eigenvalue weighted by Crippen LogP contribution is -2.43. The summed E-state index contributed by atoms with van der Waals surface area (Å²) in [5, 5.41) is 3.15. The van der Waals surface area contributed by atoms with E-state index >= 15 is 0 Å². The third-order valence-corrected chi connectivity index (χ3v) is 4.77. The lowest BCUT2D eigenvalue weighted by Gasteiger charge is -2.23. The Kier molecular flexibility index (Phi) is 3.90. The number of hydrogen-bond donors (Lipinski definition) is 1. The summed E-state index contributed by atoms with van der Waals surface area (Å²) in [6.45, 7) is 3.25. The Morgan fingerprint density at radius 2 is 2.08 bits per heavy atom. The van der Waals surface area contributed by atoms with Gasteiger partial charge in [0.15, 0.2) is 5.75 Å². The molecule has 1 aromatic carbocycles. The highest BCUT2D eigenvalue weighted by Gasteiger charge is 2.38. The molecule has 6 nitrogen and oxygen atoms in total. The predicted molar refractivity (Wildman–Crippen MR) is 87.6 cm³/mol. The van der Waals surface area contributed by atoms with Gasteiger partial charge in [-0.05, 0) is 43.1 Å². The van der Waals surface area contributed by atoms with Crippen molar-refractivity contribution in [1.82, 2.24) is 10.2 Å². The maximum absolute atomic E-state index is 12.4. The van der Waals surface area contributed by atoms with Gasteiger partial charge in [-0.15, -0.1) is 0 Å². The molecular formula is C18H20N2O4. The van der Waals surface area contributed by atoms with E-state index in [9.17, 15) is 4.79 Å². The van der Waals surface area contributed by atoms with E-state index in [2.05, 4.69) is 10.2 Å². The van der Waals surface area contributed by atoms with Crippen LogP contribution in [0.25, 0.3) is 0 Å². The van der Waals surface area contributed by atoms with Gasteiger partial charge in [0.1, 0.15) is 12.0 Å². The number of fused-ring (bicyclic) bond motifs is 2. The van der Waals surface area contributed by atoms with Crippen molar-refractivity contribution in [2.75, 3.05) is 26.7 Å². The third-order valence-electron chi connectivity index (χ3n) is 4.77. The average Bonchev–Trinajstić information content (AvgIpc) is 3.32. The molecule has 0 radical (unpaired) electrons. The van der Waals surface area contributed by atoms with Crippen LogP contribution >= 0.6 is 0 Å². The topological polar surface area (TPSA) is 63.9 Å². The SMILES string of the molecule is COc1coc(Oc2ccc(C(=O)NC3CN4CC[C@H]3C4)cc2)c1. The van der Waals surface area contributed by atoms with Crippen molar-refractivity contribution in [3.8, 4) is 17.4 Å². The number of amides is 1. The fourth-order valence-electron chi connectivity index (χ4n) is 3.45. The van der Waals surface area contributed by atoms with Crippen molar-refractivity contribution in [2.45, 2.75) is 12.5 Å². The maximum atomic E-state index is 12.4. The number of hydrogen-bond acceptors (Lipinski definition) is 5. The Labute approximate surface area is 140 Å². The molecule has 2 saturated heterocycles. The summed E-state index contributed by atoms with van der Waals surface area (Å²) in [7, 11) is 1.56. The largest absolute Gasteiger partial charge is 0.493 e. The fraction of sp³-hybridized carbons (Fsp3) is 0.389. The van der Waals surface area contributed by atoms with E-state index in [0.717, 1.165) is 13.1 Å². The van der Waals surface area contributed by atoms with Crippen LogP contribution in [0.4, 0.5) is 0 Å². The molecular weight excluding hydrogens is 308 g/mol. The summed E-state index contributed by atoms with van der Waals surface area (Å²) in [5.41, 5.74) is 0.636. The zero-order chi connectivity index (χ0) is 16.5. The summed E-state index contributed by atoms with van der Waals surface area (Å²) < 4.78 is 15.8. The molecule has 2 bridgehead atoms. The number of ether oxygens (including phenoxy) is 2. The van der Waals surface area contributed by atoms with E-state index in [-0.39, 0.29) is 11.9 Å². The molecule has 3 atom stereocenters. The highest BCUT2D eigenvalue weighted by molar-refractivity contribution is 5.94. The van der Waals surface area contributed by atoms with Crippen LogP contribution in [-0.2, 0) is 0 Å². The lowest BCUT2D eigenvalue weighted by atomic mass is 9.99. The first-order valence-corrected chi connectivity index (χ1v) is 8.15. The minimum absolute atomic E-state index is 0.0278. The van der Waals surface area contributed by atoms with Crippen LogP contribution in [-0.4, -0.2) is 43.6 Å². The van der Waals surface area contributed by atoms with Crippen molar-refractivity contribution in [2.24, 2.45) is 5.92 Å². The normalized spacial score (nSPS) is 24.8. The molecule has 1 N–H and O–H groups in total. The molecule has 2 aliphatic rings. The maximum Gasteiger partial charge on any atom is 0.293 e. The molecule has 6 heteroatoms. The number of rotatable bonds is 5. The first-order valence-electron chi connectivity index (χ1n) is 8.15. The van der Waals surface area contributed by atoms with Gasteiger partial charge in [-0.2, -0.15) is 0 Å². The van der Waals surface area contributed by atoms with Crippen molar-refractivity contribution >= 4 is 5.91 Å². The average molecular weight is 328 g/mol. The number of methoxy groups -OCH3 is 1. The second-order valence-corrected chi connectivity index (χ2v) is 6.32. The number of nitrogens with zero attached hydrogens (tertiary/aromatic N) is 1. The molecule has 126 valence electrons. The number of benzene rings is 1. The Balaban J connectivity index is 1.37. The second kappa shape index (κ2) is 6.20. The van der Waals surface area contributed by atoms with Crippen LogP contribution in [0.5, 0.6) is 17.4 Å². The summed E-state index contributed by atoms with van der Waals surface area (Å²) in [5.74, 6) is 2.13. The summed E-state index contributed by atoms with van der Waals surface area (Å²) >= 11 is 0. The molecule has 0 saturated carbocycles. The molecule has 3 heterocycles. The van der Waals surface area contributed by atoms with Gasteiger partial charge in [-0.25, -0.2) is 0 Å². The highest BCUT2D eigenvalue weighted by atomic mass is 16.6. The third kappa shape index (κ3) is 2.97. The minimum atomic E-state index is -0.0278. The fourth-order valence-corrected chi connectivity index (χ4v) is 3.45. The first-order chi connectivity index (χ1) is 11.7. The molecule has 0 spiro atoms. The van der Waals surface area contributed by atoms with Gasteiger partial charge < -0.3 is 24.1 Å². The van der Waals surface area contributed by atoms with E-state index in [4.69, 9.17) is 13.9 Å². The van der Waals surface area contributed by atoms with Crippen molar-refractivity contribution in [1.29, 1.82) is 0 Å². The Hall–Kier alpha value is -2.47. The molecule has 2 unspecified atom stereocenters. The van der Waals surface area contributed by atoms with E-state index in [0.29, 0.717) is 28.9 Å². The Morgan fingerprint density at radius 3 is 2.71 bits per heavy atom. The standard InChI is InChI=1S/C18H20N2O4/c1-22-15-8-17(23-11-15)24-14-4-2-12(3-5-14)18(21)19-16-10-20-7-6-13(16)9-20/h2-5,8,11,13,16H,6-7,9-10H2,1H3,(H,19,21)/t13-,16?/m0/s1. The number of piperidine rings is 1. The van der Waals surface area contributed by atoms with Crippen molar-refractivity contribution < 1.29 is 18.7 Å². The smallest absolute Gasteiger partial charge is 0.293 e. The zero-order valence-corrected chi connectivity index (χ0v) is 13.5.